The Morgan fingerprint density at radius 1 is 1.28 bits per heavy atom. The monoisotopic (exact) mass is 443 g/mol. The first-order valence-corrected chi connectivity index (χ1v) is 11.4. The molecule has 32 heavy (non-hydrogen) atoms. The van der Waals surface area contributed by atoms with E-state index in [1.807, 2.05) is 36.1 Å². The molecule has 0 bridgehead atoms. The largest absolute Gasteiger partial charge is 0.497 e. The van der Waals surface area contributed by atoms with Gasteiger partial charge in [0.1, 0.15) is 11.4 Å². The number of hydrogen-bond acceptors (Lipinski definition) is 6. The predicted octanol–water partition coefficient (Wildman–Crippen LogP) is 3.29. The van der Waals surface area contributed by atoms with Crippen molar-refractivity contribution in [2.45, 2.75) is 44.3 Å². The van der Waals surface area contributed by atoms with Crippen molar-refractivity contribution in [2.75, 3.05) is 46.6 Å². The molecule has 1 aromatic carbocycles. The van der Waals surface area contributed by atoms with Gasteiger partial charge in [-0.3, -0.25) is 9.89 Å². The molecule has 1 atom stereocenters. The fraction of sp³-hybridized carbons (Fsp3) is 0.583. The molecule has 2 saturated heterocycles. The first-order valence-electron chi connectivity index (χ1n) is 11.4. The summed E-state index contributed by atoms with van der Waals surface area (Å²) in [5, 5.41) is 7.24. The van der Waals surface area contributed by atoms with Gasteiger partial charge in [-0.15, -0.1) is 0 Å². The number of aromatic amines is 1. The van der Waals surface area contributed by atoms with E-state index in [9.17, 15) is 4.79 Å². The number of H-pyrrole nitrogens is 1. The first kappa shape index (κ1) is 22.8. The van der Waals surface area contributed by atoms with Gasteiger partial charge in [0.15, 0.2) is 0 Å². The van der Waals surface area contributed by atoms with Gasteiger partial charge in [0, 0.05) is 38.3 Å². The quantitative estimate of drug-likeness (QED) is 0.630. The van der Waals surface area contributed by atoms with Crippen LogP contribution in [0.4, 0.5) is 0 Å². The maximum atomic E-state index is 13.1. The molecule has 8 nitrogen and oxygen atoms in total. The van der Waals surface area contributed by atoms with Gasteiger partial charge in [0.05, 0.1) is 37.7 Å². The summed E-state index contributed by atoms with van der Waals surface area (Å²) in [7, 11) is 1.63. The summed E-state index contributed by atoms with van der Waals surface area (Å²) >= 11 is 0. The zero-order chi connectivity index (χ0) is 22.4. The van der Waals surface area contributed by atoms with E-state index < -0.39 is 0 Å². The standard InChI is InChI=1S/C24H33N3O5/c1-3-30-13-14-31-20-7-12-32-24(17-20)8-10-27(11-9-24)23(28)22-16-21(25-26-22)18-5-4-6-19(15-18)29-2/h4-6,15-16,20H,3,7-14,17H2,1-2H3,(H,25,26). The summed E-state index contributed by atoms with van der Waals surface area (Å²) in [4.78, 5) is 14.9. The highest BCUT2D eigenvalue weighted by Gasteiger charge is 2.41. The van der Waals surface area contributed by atoms with Gasteiger partial charge in [-0.05, 0) is 44.4 Å². The minimum Gasteiger partial charge on any atom is -0.497 e. The van der Waals surface area contributed by atoms with E-state index in [1.165, 1.54) is 0 Å². The van der Waals surface area contributed by atoms with Crippen LogP contribution < -0.4 is 4.74 Å². The van der Waals surface area contributed by atoms with Crippen LogP contribution in [0.3, 0.4) is 0 Å². The SMILES string of the molecule is CCOCCOC1CCOC2(CCN(C(=O)c3cc(-c4cccc(OC)c4)n[nH]3)CC2)C1. The number of methoxy groups -OCH3 is 1. The molecule has 2 aliphatic rings. The van der Waals surface area contributed by atoms with Crippen LogP contribution in [0.25, 0.3) is 11.3 Å². The average molecular weight is 444 g/mol. The van der Waals surface area contributed by atoms with Gasteiger partial charge in [-0.2, -0.15) is 5.10 Å². The Hall–Kier alpha value is -2.42. The number of hydrogen-bond donors (Lipinski definition) is 1. The Kier molecular flexibility index (Phi) is 7.44. The van der Waals surface area contributed by atoms with Gasteiger partial charge >= 0.3 is 0 Å². The van der Waals surface area contributed by atoms with Crippen molar-refractivity contribution in [1.82, 2.24) is 15.1 Å². The third-order valence-corrected chi connectivity index (χ3v) is 6.37. The Morgan fingerprint density at radius 2 is 2.12 bits per heavy atom. The minimum atomic E-state index is -0.189. The summed E-state index contributed by atoms with van der Waals surface area (Å²) in [5.74, 6) is 0.731. The Labute approximate surface area is 189 Å². The molecule has 2 fully saturated rings. The van der Waals surface area contributed by atoms with Crippen LogP contribution in [-0.4, -0.2) is 79.3 Å². The number of piperidine rings is 1. The second-order valence-corrected chi connectivity index (χ2v) is 8.41. The molecule has 2 aliphatic heterocycles. The van der Waals surface area contributed by atoms with Crippen molar-refractivity contribution in [3.63, 3.8) is 0 Å². The van der Waals surface area contributed by atoms with Crippen molar-refractivity contribution in [1.29, 1.82) is 0 Å². The molecule has 1 amide bonds. The summed E-state index contributed by atoms with van der Waals surface area (Å²) in [6, 6.07) is 9.45. The molecule has 1 N–H and O–H groups in total. The molecular formula is C24H33N3O5. The number of carbonyl (C=O) groups is 1. The number of benzene rings is 1. The third-order valence-electron chi connectivity index (χ3n) is 6.37. The summed E-state index contributed by atoms with van der Waals surface area (Å²) < 4.78 is 22.9. The predicted molar refractivity (Wildman–Crippen MR) is 120 cm³/mol. The highest BCUT2D eigenvalue weighted by atomic mass is 16.5. The lowest BCUT2D eigenvalue weighted by molar-refractivity contribution is -0.155. The molecule has 0 saturated carbocycles. The van der Waals surface area contributed by atoms with Crippen molar-refractivity contribution in [3.8, 4) is 17.0 Å². The molecule has 1 unspecified atom stereocenters. The van der Waals surface area contributed by atoms with Crippen molar-refractivity contribution >= 4 is 5.91 Å². The number of amides is 1. The normalized spacial score (nSPS) is 20.4. The van der Waals surface area contributed by atoms with Crippen LogP contribution in [-0.2, 0) is 14.2 Å². The van der Waals surface area contributed by atoms with E-state index in [1.54, 1.807) is 13.2 Å². The highest BCUT2D eigenvalue weighted by Crippen LogP contribution is 2.36. The minimum absolute atomic E-state index is 0.0261. The first-order chi connectivity index (χ1) is 15.6. The fourth-order valence-corrected chi connectivity index (χ4v) is 4.54. The number of carbonyl (C=O) groups excluding carboxylic acids is 1. The number of nitrogens with one attached hydrogen (secondary N) is 1. The molecule has 4 rings (SSSR count). The van der Waals surface area contributed by atoms with E-state index in [2.05, 4.69) is 10.2 Å². The molecule has 3 heterocycles. The Morgan fingerprint density at radius 3 is 2.91 bits per heavy atom. The molecule has 8 heteroatoms. The third kappa shape index (κ3) is 5.31. The highest BCUT2D eigenvalue weighted by molar-refractivity contribution is 5.93. The molecule has 1 aromatic heterocycles. The molecule has 2 aromatic rings. The molecule has 0 aliphatic carbocycles. The average Bonchev–Trinajstić information content (AvgIpc) is 3.33. The van der Waals surface area contributed by atoms with Crippen LogP contribution in [0, 0.1) is 0 Å². The van der Waals surface area contributed by atoms with Crippen LogP contribution in [0.1, 0.15) is 43.1 Å². The smallest absolute Gasteiger partial charge is 0.271 e. The maximum absolute atomic E-state index is 13.1. The van der Waals surface area contributed by atoms with Gasteiger partial charge in [0.2, 0.25) is 0 Å². The van der Waals surface area contributed by atoms with E-state index in [4.69, 9.17) is 18.9 Å². The number of rotatable bonds is 8. The number of ether oxygens (including phenoxy) is 4. The number of aromatic nitrogens is 2. The zero-order valence-corrected chi connectivity index (χ0v) is 19.0. The number of nitrogens with zero attached hydrogens (tertiary/aromatic N) is 2. The van der Waals surface area contributed by atoms with Crippen LogP contribution in [0.5, 0.6) is 5.75 Å². The second kappa shape index (κ2) is 10.5. The molecule has 1 spiro atoms. The van der Waals surface area contributed by atoms with Gasteiger partial charge < -0.3 is 23.8 Å². The summed E-state index contributed by atoms with van der Waals surface area (Å²) in [5.41, 5.74) is 1.94. The van der Waals surface area contributed by atoms with Gasteiger partial charge in [-0.1, -0.05) is 12.1 Å². The lowest BCUT2D eigenvalue weighted by Crippen LogP contribution is -2.52. The van der Waals surface area contributed by atoms with Crippen molar-refractivity contribution in [3.05, 3.63) is 36.0 Å². The number of likely N-dealkylation sites (tertiary alicyclic amines) is 1. The van der Waals surface area contributed by atoms with E-state index >= 15 is 0 Å². The lowest BCUT2D eigenvalue weighted by atomic mass is 9.83. The Balaban J connectivity index is 1.32. The fourth-order valence-electron chi connectivity index (χ4n) is 4.54. The van der Waals surface area contributed by atoms with E-state index in [0.29, 0.717) is 45.2 Å². The second-order valence-electron chi connectivity index (χ2n) is 8.41. The topological polar surface area (TPSA) is 85.9 Å². The zero-order valence-electron chi connectivity index (χ0n) is 19.0. The summed E-state index contributed by atoms with van der Waals surface area (Å²) in [6.45, 7) is 5.98. The summed E-state index contributed by atoms with van der Waals surface area (Å²) in [6.07, 6.45) is 3.63. The van der Waals surface area contributed by atoms with E-state index in [0.717, 1.165) is 42.7 Å². The molecule has 174 valence electrons. The molecular weight excluding hydrogens is 410 g/mol. The van der Waals surface area contributed by atoms with Gasteiger partial charge in [-0.25, -0.2) is 0 Å². The van der Waals surface area contributed by atoms with Crippen LogP contribution in [0.15, 0.2) is 30.3 Å². The maximum Gasteiger partial charge on any atom is 0.271 e. The van der Waals surface area contributed by atoms with Crippen LogP contribution >= 0.6 is 0 Å². The lowest BCUT2D eigenvalue weighted by Gasteiger charge is -2.46. The Bertz CT molecular complexity index is 891. The van der Waals surface area contributed by atoms with Crippen molar-refractivity contribution in [2.24, 2.45) is 0 Å². The van der Waals surface area contributed by atoms with Crippen LogP contribution in [0.2, 0.25) is 0 Å². The van der Waals surface area contributed by atoms with Gasteiger partial charge in [0.25, 0.3) is 5.91 Å². The van der Waals surface area contributed by atoms with E-state index in [-0.39, 0.29) is 17.6 Å². The van der Waals surface area contributed by atoms with Crippen molar-refractivity contribution < 1.29 is 23.7 Å². The molecule has 0 radical (unpaired) electrons.